The number of carboxylic acid groups (broad SMARTS) is 1. The molecule has 1 aliphatic carbocycles. The van der Waals surface area contributed by atoms with Gasteiger partial charge in [0.25, 0.3) is 0 Å². The Bertz CT molecular complexity index is 339. The first-order chi connectivity index (χ1) is 8.13. The highest BCUT2D eigenvalue weighted by Crippen LogP contribution is 2.40. The van der Waals surface area contributed by atoms with Crippen LogP contribution in [0.5, 0.6) is 0 Å². The normalized spacial score (nSPS) is 18.5. The van der Waals surface area contributed by atoms with Gasteiger partial charge in [-0.05, 0) is 33.6 Å². The van der Waals surface area contributed by atoms with Gasteiger partial charge in [0.05, 0.1) is 0 Å². The highest BCUT2D eigenvalue weighted by molar-refractivity contribution is 5.90. The van der Waals surface area contributed by atoms with Crippen LogP contribution in [0.15, 0.2) is 0 Å². The lowest BCUT2D eigenvalue weighted by Gasteiger charge is -2.46. The molecule has 0 aliphatic heterocycles. The Hall–Kier alpha value is -1.26. The lowest BCUT2D eigenvalue weighted by Crippen LogP contribution is -2.64. The zero-order chi connectivity index (χ0) is 14.1. The molecule has 1 fully saturated rings. The summed E-state index contributed by atoms with van der Waals surface area (Å²) in [5.74, 6) is -0.0997. The molecule has 0 aromatic carbocycles. The summed E-state index contributed by atoms with van der Waals surface area (Å²) in [6, 6.07) is 0. The second-order valence-electron chi connectivity index (χ2n) is 6.23. The maximum Gasteiger partial charge on any atom is 0.408 e. The molecular formula is C13H24N2O3. The van der Waals surface area contributed by atoms with Crippen LogP contribution < -0.4 is 0 Å². The molecule has 0 radical (unpaired) electrons. The average Bonchev–Trinajstić information content (AvgIpc) is 2.63. The van der Waals surface area contributed by atoms with E-state index in [1.54, 1.807) is 14.1 Å². The standard InChI is InChI=1S/C13H24N2O3/c1-12(2,3)15(11(17)18)13(8-6-7-9-13)10(16)14(4)5/h6-9H2,1-5H3,(H,17,18). The first kappa shape index (κ1) is 14.8. The van der Waals surface area contributed by atoms with Crippen molar-refractivity contribution in [2.45, 2.75) is 57.5 Å². The number of carbonyl (C=O) groups excluding carboxylic acids is 1. The highest BCUT2D eigenvalue weighted by atomic mass is 16.4. The second-order valence-corrected chi connectivity index (χ2v) is 6.23. The summed E-state index contributed by atoms with van der Waals surface area (Å²) in [7, 11) is 3.37. The van der Waals surface area contributed by atoms with E-state index in [1.807, 2.05) is 20.8 Å². The molecule has 0 spiro atoms. The largest absolute Gasteiger partial charge is 0.465 e. The molecule has 1 N–H and O–H groups in total. The quantitative estimate of drug-likeness (QED) is 0.823. The van der Waals surface area contributed by atoms with Gasteiger partial charge in [-0.1, -0.05) is 12.8 Å². The Balaban J connectivity index is 3.25. The molecule has 0 heterocycles. The third-order valence-electron chi connectivity index (χ3n) is 3.53. The van der Waals surface area contributed by atoms with Crippen molar-refractivity contribution < 1.29 is 14.7 Å². The van der Waals surface area contributed by atoms with Crippen molar-refractivity contribution in [3.8, 4) is 0 Å². The molecule has 18 heavy (non-hydrogen) atoms. The predicted octanol–water partition coefficient (Wildman–Crippen LogP) is 2.17. The van der Waals surface area contributed by atoms with Crippen LogP contribution in [0.3, 0.4) is 0 Å². The Morgan fingerprint density at radius 1 is 1.11 bits per heavy atom. The van der Waals surface area contributed by atoms with E-state index in [0.717, 1.165) is 12.8 Å². The minimum absolute atomic E-state index is 0.0997. The van der Waals surface area contributed by atoms with Crippen molar-refractivity contribution in [1.29, 1.82) is 0 Å². The molecule has 0 saturated heterocycles. The molecule has 0 atom stereocenters. The Kier molecular flexibility index (Phi) is 3.93. The molecule has 1 rings (SSSR count). The summed E-state index contributed by atoms with van der Waals surface area (Å²) in [6.07, 6.45) is 2.03. The fraction of sp³-hybridized carbons (Fsp3) is 0.846. The zero-order valence-electron chi connectivity index (χ0n) is 12.0. The number of carbonyl (C=O) groups is 2. The van der Waals surface area contributed by atoms with Crippen molar-refractivity contribution in [3.63, 3.8) is 0 Å². The van der Waals surface area contributed by atoms with Gasteiger partial charge in [-0.3, -0.25) is 9.69 Å². The smallest absolute Gasteiger partial charge is 0.408 e. The van der Waals surface area contributed by atoms with Gasteiger partial charge >= 0.3 is 6.09 Å². The molecule has 2 amide bonds. The summed E-state index contributed by atoms with van der Waals surface area (Å²) >= 11 is 0. The van der Waals surface area contributed by atoms with Crippen LogP contribution in [0.25, 0.3) is 0 Å². The Morgan fingerprint density at radius 2 is 1.56 bits per heavy atom. The molecule has 1 aliphatic rings. The van der Waals surface area contributed by atoms with Gasteiger partial charge < -0.3 is 10.0 Å². The van der Waals surface area contributed by atoms with Crippen LogP contribution in [0.4, 0.5) is 4.79 Å². The molecular weight excluding hydrogens is 232 g/mol. The molecule has 5 nitrogen and oxygen atoms in total. The second kappa shape index (κ2) is 4.78. The predicted molar refractivity (Wildman–Crippen MR) is 69.5 cm³/mol. The fourth-order valence-corrected chi connectivity index (χ4v) is 3.02. The van der Waals surface area contributed by atoms with Gasteiger partial charge in [0.15, 0.2) is 0 Å². The Morgan fingerprint density at radius 3 is 1.83 bits per heavy atom. The molecule has 0 unspecified atom stereocenters. The SMILES string of the molecule is CN(C)C(=O)C1(N(C(=O)O)C(C)(C)C)CCCC1. The maximum absolute atomic E-state index is 12.5. The summed E-state index contributed by atoms with van der Waals surface area (Å²) in [4.78, 5) is 27.0. The van der Waals surface area contributed by atoms with Gasteiger partial charge in [0.2, 0.25) is 5.91 Å². The topological polar surface area (TPSA) is 60.9 Å². The van der Waals surface area contributed by atoms with Crippen LogP contribution in [0, 0.1) is 0 Å². The third kappa shape index (κ3) is 2.44. The number of likely N-dealkylation sites (N-methyl/N-ethyl adjacent to an activating group) is 1. The maximum atomic E-state index is 12.5. The lowest BCUT2D eigenvalue weighted by atomic mass is 9.88. The van der Waals surface area contributed by atoms with E-state index < -0.39 is 17.2 Å². The highest BCUT2D eigenvalue weighted by Gasteiger charge is 2.52. The van der Waals surface area contributed by atoms with E-state index in [-0.39, 0.29) is 5.91 Å². The van der Waals surface area contributed by atoms with E-state index in [0.29, 0.717) is 12.8 Å². The van der Waals surface area contributed by atoms with E-state index >= 15 is 0 Å². The van der Waals surface area contributed by atoms with E-state index in [4.69, 9.17) is 0 Å². The van der Waals surface area contributed by atoms with Gasteiger partial charge in [-0.25, -0.2) is 4.79 Å². The number of hydrogen-bond donors (Lipinski definition) is 1. The van der Waals surface area contributed by atoms with Crippen molar-refractivity contribution >= 4 is 12.0 Å². The van der Waals surface area contributed by atoms with Gasteiger partial charge in [-0.2, -0.15) is 0 Å². The average molecular weight is 256 g/mol. The fourth-order valence-electron chi connectivity index (χ4n) is 3.02. The van der Waals surface area contributed by atoms with E-state index in [1.165, 1.54) is 9.80 Å². The number of rotatable bonds is 2. The molecule has 1 saturated carbocycles. The molecule has 0 aromatic heterocycles. The van der Waals surface area contributed by atoms with Crippen molar-refractivity contribution in [2.24, 2.45) is 0 Å². The minimum Gasteiger partial charge on any atom is -0.465 e. The summed E-state index contributed by atoms with van der Waals surface area (Å²) in [6.45, 7) is 5.51. The van der Waals surface area contributed by atoms with Crippen LogP contribution >= 0.6 is 0 Å². The zero-order valence-corrected chi connectivity index (χ0v) is 12.0. The Labute approximate surface area is 109 Å². The summed E-state index contributed by atoms with van der Waals surface area (Å²) in [5.41, 5.74) is -1.46. The van der Waals surface area contributed by atoms with Crippen LogP contribution in [0.2, 0.25) is 0 Å². The molecule has 0 aromatic rings. The van der Waals surface area contributed by atoms with Crippen molar-refractivity contribution in [2.75, 3.05) is 14.1 Å². The lowest BCUT2D eigenvalue weighted by molar-refractivity contribution is -0.144. The minimum atomic E-state index is -1.01. The first-order valence-electron chi connectivity index (χ1n) is 6.38. The van der Waals surface area contributed by atoms with E-state index in [9.17, 15) is 14.7 Å². The number of amides is 2. The summed E-state index contributed by atoms with van der Waals surface area (Å²) in [5, 5.41) is 9.52. The van der Waals surface area contributed by atoms with Crippen LogP contribution in [0.1, 0.15) is 46.5 Å². The van der Waals surface area contributed by atoms with Gasteiger partial charge in [0, 0.05) is 19.6 Å². The molecule has 5 heteroatoms. The van der Waals surface area contributed by atoms with Crippen molar-refractivity contribution in [3.05, 3.63) is 0 Å². The molecule has 104 valence electrons. The number of nitrogens with zero attached hydrogens (tertiary/aromatic N) is 2. The first-order valence-corrected chi connectivity index (χ1v) is 6.38. The van der Waals surface area contributed by atoms with Crippen LogP contribution in [-0.2, 0) is 4.79 Å². The summed E-state index contributed by atoms with van der Waals surface area (Å²) < 4.78 is 0. The monoisotopic (exact) mass is 256 g/mol. The van der Waals surface area contributed by atoms with E-state index in [2.05, 4.69) is 0 Å². The van der Waals surface area contributed by atoms with Gasteiger partial charge in [-0.15, -0.1) is 0 Å². The van der Waals surface area contributed by atoms with Crippen LogP contribution in [-0.4, -0.2) is 52.1 Å². The van der Waals surface area contributed by atoms with Gasteiger partial charge in [0.1, 0.15) is 5.54 Å². The third-order valence-corrected chi connectivity index (χ3v) is 3.53. The number of hydrogen-bond acceptors (Lipinski definition) is 2. The molecule has 0 bridgehead atoms. The van der Waals surface area contributed by atoms with Crippen molar-refractivity contribution in [1.82, 2.24) is 9.80 Å².